The lowest BCUT2D eigenvalue weighted by atomic mass is 9.96. The van der Waals surface area contributed by atoms with Gasteiger partial charge in [-0.1, -0.05) is 61.4 Å². The van der Waals surface area contributed by atoms with E-state index in [1.54, 1.807) is 6.07 Å². The third-order valence-electron chi connectivity index (χ3n) is 5.58. The topological polar surface area (TPSA) is 0 Å². The Morgan fingerprint density at radius 2 is 1.15 bits per heavy atom. The number of rotatable bonds is 9. The normalized spacial score (nSPS) is 12.2. The molecule has 0 radical (unpaired) electrons. The molecule has 3 aromatic rings. The molecule has 34 heavy (non-hydrogen) atoms. The van der Waals surface area contributed by atoms with Crippen LogP contribution in [0.4, 0.5) is 35.1 Å². The van der Waals surface area contributed by atoms with Crippen LogP contribution in [0.5, 0.6) is 0 Å². The van der Waals surface area contributed by atoms with Gasteiger partial charge in [0.15, 0.2) is 0 Å². The molecule has 0 unspecified atom stereocenters. The summed E-state index contributed by atoms with van der Waals surface area (Å²) in [5, 5.41) is 0. The van der Waals surface area contributed by atoms with E-state index < -0.39 is 29.3 Å². The average molecular weight is 486 g/mol. The molecule has 182 valence electrons. The zero-order valence-corrected chi connectivity index (χ0v) is 18.0. The van der Waals surface area contributed by atoms with Gasteiger partial charge in [0.2, 0.25) is 0 Å². The molecule has 0 bridgehead atoms. The summed E-state index contributed by atoms with van der Waals surface area (Å²) >= 11 is 0. The van der Waals surface area contributed by atoms with Crippen LogP contribution in [0.1, 0.15) is 36.8 Å². The van der Waals surface area contributed by atoms with E-state index in [1.165, 1.54) is 24.3 Å². The monoisotopic (exact) mass is 486 g/mol. The van der Waals surface area contributed by atoms with Crippen molar-refractivity contribution in [2.24, 2.45) is 0 Å². The van der Waals surface area contributed by atoms with Crippen molar-refractivity contribution in [1.29, 1.82) is 0 Å². The Labute approximate surface area is 192 Å². The number of hydrogen-bond acceptors (Lipinski definition) is 0. The molecular formula is C26H22F8. The first-order chi connectivity index (χ1) is 16.0. The van der Waals surface area contributed by atoms with Crippen LogP contribution < -0.4 is 0 Å². The van der Waals surface area contributed by atoms with Gasteiger partial charge >= 0.3 is 12.1 Å². The van der Waals surface area contributed by atoms with Crippen molar-refractivity contribution in [1.82, 2.24) is 0 Å². The van der Waals surface area contributed by atoms with Gasteiger partial charge in [-0.3, -0.25) is 4.39 Å². The third-order valence-corrected chi connectivity index (χ3v) is 5.58. The SMILES string of the molecule is FCCCCCCc1ccc(-c2ccc(-c3ccc(C(F)(F)C(F)(F)F)cc3)c(F)c2)c(F)c1. The third kappa shape index (κ3) is 5.77. The molecule has 0 aliphatic heterocycles. The van der Waals surface area contributed by atoms with Gasteiger partial charge in [-0.2, -0.15) is 22.0 Å². The Morgan fingerprint density at radius 3 is 1.74 bits per heavy atom. The number of hydrogen-bond donors (Lipinski definition) is 0. The van der Waals surface area contributed by atoms with Crippen LogP contribution in [0.25, 0.3) is 22.3 Å². The number of aryl methyl sites for hydroxylation is 1. The fraction of sp³-hybridized carbons (Fsp3) is 0.308. The molecule has 0 atom stereocenters. The van der Waals surface area contributed by atoms with E-state index in [-0.39, 0.29) is 28.9 Å². The van der Waals surface area contributed by atoms with E-state index in [2.05, 4.69) is 0 Å². The molecule has 0 aliphatic carbocycles. The van der Waals surface area contributed by atoms with Crippen LogP contribution >= 0.6 is 0 Å². The quantitative estimate of drug-likeness (QED) is 0.209. The molecule has 0 heterocycles. The minimum atomic E-state index is -5.74. The lowest BCUT2D eigenvalue weighted by molar-refractivity contribution is -0.289. The predicted octanol–water partition coefficient (Wildman–Crippen LogP) is 9.03. The number of alkyl halides is 6. The van der Waals surface area contributed by atoms with Gasteiger partial charge < -0.3 is 0 Å². The first kappa shape index (κ1) is 25.7. The molecule has 0 aliphatic rings. The van der Waals surface area contributed by atoms with Gasteiger partial charge in [-0.15, -0.1) is 0 Å². The van der Waals surface area contributed by atoms with E-state index in [9.17, 15) is 35.1 Å². The van der Waals surface area contributed by atoms with Gasteiger partial charge in [-0.25, -0.2) is 8.78 Å². The second-order valence-electron chi connectivity index (χ2n) is 8.01. The molecule has 0 saturated carbocycles. The predicted molar refractivity (Wildman–Crippen MR) is 115 cm³/mol. The Kier molecular flexibility index (Phi) is 8.00. The Hall–Kier alpha value is -2.90. The van der Waals surface area contributed by atoms with E-state index in [0.717, 1.165) is 43.0 Å². The number of halogens is 8. The van der Waals surface area contributed by atoms with Crippen LogP contribution in [-0.4, -0.2) is 12.9 Å². The molecule has 0 amide bonds. The van der Waals surface area contributed by atoms with Crippen LogP contribution in [0.3, 0.4) is 0 Å². The lowest BCUT2D eigenvalue weighted by Gasteiger charge is -2.20. The fourth-order valence-electron chi connectivity index (χ4n) is 3.66. The van der Waals surface area contributed by atoms with Crippen LogP contribution in [0.15, 0.2) is 60.7 Å². The molecule has 0 fully saturated rings. The summed E-state index contributed by atoms with van der Waals surface area (Å²) in [6.45, 7) is -0.349. The van der Waals surface area contributed by atoms with Crippen molar-refractivity contribution in [2.75, 3.05) is 6.67 Å². The summed E-state index contributed by atoms with van der Waals surface area (Å²) in [4.78, 5) is 0. The largest absolute Gasteiger partial charge is 0.458 e. The van der Waals surface area contributed by atoms with Gasteiger partial charge in [0.05, 0.1) is 6.67 Å². The molecule has 0 N–H and O–H groups in total. The van der Waals surface area contributed by atoms with E-state index in [4.69, 9.17) is 0 Å². The summed E-state index contributed by atoms with van der Waals surface area (Å²) in [7, 11) is 0. The zero-order valence-electron chi connectivity index (χ0n) is 18.0. The van der Waals surface area contributed by atoms with Crippen molar-refractivity contribution in [3.8, 4) is 22.3 Å². The zero-order chi connectivity index (χ0) is 24.9. The maximum absolute atomic E-state index is 14.7. The molecule has 0 nitrogen and oxygen atoms in total. The number of benzene rings is 3. The van der Waals surface area contributed by atoms with Crippen LogP contribution in [0, 0.1) is 11.6 Å². The highest BCUT2D eigenvalue weighted by molar-refractivity contribution is 5.71. The van der Waals surface area contributed by atoms with Crippen LogP contribution in [-0.2, 0) is 12.3 Å². The van der Waals surface area contributed by atoms with Gasteiger partial charge in [0.25, 0.3) is 0 Å². The first-order valence-electron chi connectivity index (χ1n) is 10.7. The minimum Gasteiger partial charge on any atom is -0.251 e. The van der Waals surface area contributed by atoms with Crippen molar-refractivity contribution in [3.63, 3.8) is 0 Å². The van der Waals surface area contributed by atoms with Crippen LogP contribution in [0.2, 0.25) is 0 Å². The molecule has 0 spiro atoms. The maximum Gasteiger partial charge on any atom is 0.458 e. The maximum atomic E-state index is 14.7. The summed E-state index contributed by atoms with van der Waals surface area (Å²) in [5.41, 5.74) is 0.0465. The van der Waals surface area contributed by atoms with E-state index in [1.807, 2.05) is 0 Å². The highest BCUT2D eigenvalue weighted by Gasteiger charge is 2.58. The van der Waals surface area contributed by atoms with Gasteiger partial charge in [0.1, 0.15) is 11.6 Å². The molecule has 0 saturated heterocycles. The standard InChI is InChI=1S/C26H22F8/c27-14-4-2-1-3-5-17-6-12-22(23(28)15-17)19-9-13-21(24(29)16-19)18-7-10-20(11-8-18)25(30,31)26(32,33)34/h6-13,15-16H,1-5,14H2. The fourth-order valence-corrected chi connectivity index (χ4v) is 3.66. The van der Waals surface area contributed by atoms with Crippen molar-refractivity contribution >= 4 is 0 Å². The highest BCUT2D eigenvalue weighted by Crippen LogP contribution is 2.44. The first-order valence-corrected chi connectivity index (χ1v) is 10.7. The summed E-state index contributed by atoms with van der Waals surface area (Å²) < 4.78 is 106. The second-order valence-corrected chi connectivity index (χ2v) is 8.01. The summed E-state index contributed by atoms with van der Waals surface area (Å²) in [6.07, 6.45) is -2.17. The Morgan fingerprint density at radius 1 is 0.588 bits per heavy atom. The highest BCUT2D eigenvalue weighted by atomic mass is 19.4. The Balaban J connectivity index is 1.76. The van der Waals surface area contributed by atoms with Gasteiger partial charge in [0, 0.05) is 16.7 Å². The lowest BCUT2D eigenvalue weighted by Crippen LogP contribution is -2.33. The molecular weight excluding hydrogens is 464 g/mol. The smallest absolute Gasteiger partial charge is 0.251 e. The molecule has 8 heteroatoms. The van der Waals surface area contributed by atoms with Gasteiger partial charge in [-0.05, 0) is 48.1 Å². The average Bonchev–Trinajstić information content (AvgIpc) is 2.78. The van der Waals surface area contributed by atoms with E-state index in [0.29, 0.717) is 25.0 Å². The van der Waals surface area contributed by atoms with Crippen molar-refractivity contribution in [2.45, 2.75) is 44.2 Å². The van der Waals surface area contributed by atoms with E-state index >= 15 is 0 Å². The van der Waals surface area contributed by atoms with Crippen molar-refractivity contribution in [3.05, 3.63) is 83.4 Å². The molecule has 3 rings (SSSR count). The summed E-state index contributed by atoms with van der Waals surface area (Å²) in [6, 6.07) is 11.7. The van der Waals surface area contributed by atoms with Crippen molar-refractivity contribution < 1.29 is 35.1 Å². The molecule has 3 aromatic carbocycles. The minimum absolute atomic E-state index is 0.0177. The Bertz CT molecular complexity index is 1100. The summed E-state index contributed by atoms with van der Waals surface area (Å²) in [5.74, 6) is -6.33. The molecule has 0 aromatic heterocycles. The number of unbranched alkanes of at least 4 members (excludes halogenated alkanes) is 3. The second kappa shape index (κ2) is 10.6.